The molecule has 0 unspecified atom stereocenters. The molecule has 0 radical (unpaired) electrons. The summed E-state index contributed by atoms with van der Waals surface area (Å²) < 4.78 is 4.58. The Bertz CT molecular complexity index is 163. The standard InChI is InChI=1S/C6H10N2O2/c1-3-4-10-6(9)5(2)8-7/h3H,1,4,7H2,2H3. The van der Waals surface area contributed by atoms with Gasteiger partial charge in [0, 0.05) is 0 Å². The number of carbonyl (C=O) groups excluding carboxylic acids is 1. The summed E-state index contributed by atoms with van der Waals surface area (Å²) in [5.74, 6) is 4.29. The van der Waals surface area contributed by atoms with Crippen LogP contribution in [0.3, 0.4) is 0 Å². The minimum atomic E-state index is -0.512. The highest BCUT2D eigenvalue weighted by molar-refractivity contribution is 6.35. The van der Waals surface area contributed by atoms with Crippen LogP contribution in [0.15, 0.2) is 17.8 Å². The number of nitrogens with zero attached hydrogens (tertiary/aromatic N) is 1. The zero-order valence-electron chi connectivity index (χ0n) is 5.83. The molecule has 0 heterocycles. The van der Waals surface area contributed by atoms with Gasteiger partial charge in [-0.25, -0.2) is 4.79 Å². The summed E-state index contributed by atoms with van der Waals surface area (Å²) in [4.78, 5) is 10.7. The normalized spacial score (nSPS) is 10.7. The Morgan fingerprint density at radius 3 is 2.90 bits per heavy atom. The van der Waals surface area contributed by atoms with Crippen molar-refractivity contribution in [1.82, 2.24) is 0 Å². The second kappa shape index (κ2) is 4.55. The fourth-order valence-corrected chi connectivity index (χ4v) is 0.292. The Morgan fingerprint density at radius 1 is 1.90 bits per heavy atom. The van der Waals surface area contributed by atoms with E-state index in [0.717, 1.165) is 0 Å². The Balaban J connectivity index is 3.74. The minimum absolute atomic E-state index is 0.154. The number of carbonyl (C=O) groups is 1. The first kappa shape index (κ1) is 8.68. The Hall–Kier alpha value is -1.32. The quantitative estimate of drug-likeness (QED) is 0.199. The van der Waals surface area contributed by atoms with Gasteiger partial charge in [-0.05, 0) is 6.92 Å². The average molecular weight is 142 g/mol. The van der Waals surface area contributed by atoms with Crippen molar-refractivity contribution in [2.75, 3.05) is 6.61 Å². The Kier molecular flexibility index (Phi) is 3.95. The van der Waals surface area contributed by atoms with Crippen molar-refractivity contribution in [2.45, 2.75) is 6.92 Å². The summed E-state index contributed by atoms with van der Waals surface area (Å²) in [6, 6.07) is 0. The van der Waals surface area contributed by atoms with Gasteiger partial charge in [0.2, 0.25) is 0 Å². The lowest BCUT2D eigenvalue weighted by atomic mass is 10.4. The molecule has 0 rings (SSSR count). The molecule has 0 aromatic carbocycles. The van der Waals surface area contributed by atoms with Gasteiger partial charge < -0.3 is 10.6 Å². The number of ether oxygens (including phenoxy) is 1. The topological polar surface area (TPSA) is 64.7 Å². The molecule has 10 heavy (non-hydrogen) atoms. The van der Waals surface area contributed by atoms with E-state index in [2.05, 4.69) is 16.4 Å². The fourth-order valence-electron chi connectivity index (χ4n) is 0.292. The first-order valence-electron chi connectivity index (χ1n) is 2.75. The third-order valence-electron chi connectivity index (χ3n) is 0.821. The van der Waals surface area contributed by atoms with Crippen molar-refractivity contribution in [3.8, 4) is 0 Å². The maximum absolute atomic E-state index is 10.7. The highest BCUT2D eigenvalue weighted by Gasteiger charge is 2.04. The third kappa shape index (κ3) is 2.86. The molecular formula is C6H10N2O2. The predicted molar refractivity (Wildman–Crippen MR) is 38.5 cm³/mol. The lowest BCUT2D eigenvalue weighted by Crippen LogP contribution is -2.15. The lowest BCUT2D eigenvalue weighted by Gasteiger charge is -1.97. The van der Waals surface area contributed by atoms with Crippen LogP contribution < -0.4 is 5.84 Å². The molecule has 0 spiro atoms. The van der Waals surface area contributed by atoms with Crippen molar-refractivity contribution in [3.05, 3.63) is 12.7 Å². The zero-order valence-corrected chi connectivity index (χ0v) is 5.83. The SMILES string of the molecule is C=CCOC(=O)C(C)=NN. The van der Waals surface area contributed by atoms with E-state index in [-0.39, 0.29) is 12.3 Å². The van der Waals surface area contributed by atoms with Crippen molar-refractivity contribution < 1.29 is 9.53 Å². The summed E-state index contributed by atoms with van der Waals surface area (Å²) in [5, 5.41) is 3.15. The van der Waals surface area contributed by atoms with E-state index in [1.807, 2.05) is 0 Å². The molecule has 0 saturated carbocycles. The average Bonchev–Trinajstić information content (AvgIpc) is 1.98. The molecule has 4 nitrogen and oxygen atoms in total. The minimum Gasteiger partial charge on any atom is -0.457 e. The molecule has 0 amide bonds. The first-order chi connectivity index (χ1) is 4.72. The Labute approximate surface area is 59.4 Å². The van der Waals surface area contributed by atoms with Crippen LogP contribution in [-0.4, -0.2) is 18.3 Å². The van der Waals surface area contributed by atoms with Gasteiger partial charge in [0.05, 0.1) is 0 Å². The zero-order chi connectivity index (χ0) is 7.98. The van der Waals surface area contributed by atoms with Crippen molar-refractivity contribution in [1.29, 1.82) is 0 Å². The molecule has 0 aliphatic rings. The Morgan fingerprint density at radius 2 is 2.50 bits per heavy atom. The molecule has 0 aliphatic carbocycles. The molecule has 0 aromatic heterocycles. The summed E-state index contributed by atoms with van der Waals surface area (Å²) in [5.41, 5.74) is 0.154. The number of nitrogens with two attached hydrogens (primary N) is 1. The predicted octanol–water partition coefficient (Wildman–Crippen LogP) is 0.0502. The van der Waals surface area contributed by atoms with Crippen LogP contribution in [0.5, 0.6) is 0 Å². The number of rotatable bonds is 3. The van der Waals surface area contributed by atoms with Crippen LogP contribution in [0.4, 0.5) is 0 Å². The monoisotopic (exact) mass is 142 g/mol. The molecule has 0 aromatic rings. The van der Waals surface area contributed by atoms with E-state index in [1.54, 1.807) is 0 Å². The fraction of sp³-hybridized carbons (Fsp3) is 0.333. The maximum Gasteiger partial charge on any atom is 0.354 e. The summed E-state index contributed by atoms with van der Waals surface area (Å²) in [7, 11) is 0. The van der Waals surface area contributed by atoms with Crippen LogP contribution in [-0.2, 0) is 9.53 Å². The smallest absolute Gasteiger partial charge is 0.354 e. The van der Waals surface area contributed by atoms with Crippen molar-refractivity contribution in [2.24, 2.45) is 10.9 Å². The number of hydrazone groups is 1. The second-order valence-electron chi connectivity index (χ2n) is 1.60. The van der Waals surface area contributed by atoms with Gasteiger partial charge in [0.25, 0.3) is 0 Å². The molecule has 0 bridgehead atoms. The summed E-state index contributed by atoms with van der Waals surface area (Å²) in [6.45, 7) is 5.03. The van der Waals surface area contributed by atoms with Gasteiger partial charge in [-0.3, -0.25) is 0 Å². The number of hydrogen-bond acceptors (Lipinski definition) is 4. The summed E-state index contributed by atoms with van der Waals surface area (Å²) in [6.07, 6.45) is 1.47. The van der Waals surface area contributed by atoms with Gasteiger partial charge >= 0.3 is 5.97 Å². The van der Waals surface area contributed by atoms with E-state index in [4.69, 9.17) is 5.84 Å². The molecule has 0 saturated heterocycles. The second-order valence-corrected chi connectivity index (χ2v) is 1.60. The first-order valence-corrected chi connectivity index (χ1v) is 2.75. The van der Waals surface area contributed by atoms with E-state index < -0.39 is 5.97 Å². The molecule has 0 atom stereocenters. The van der Waals surface area contributed by atoms with Crippen LogP contribution >= 0.6 is 0 Å². The summed E-state index contributed by atoms with van der Waals surface area (Å²) >= 11 is 0. The van der Waals surface area contributed by atoms with Crippen molar-refractivity contribution >= 4 is 11.7 Å². The van der Waals surface area contributed by atoms with E-state index >= 15 is 0 Å². The molecule has 0 aliphatic heterocycles. The maximum atomic E-state index is 10.7. The molecule has 2 N–H and O–H groups in total. The number of esters is 1. The van der Waals surface area contributed by atoms with Crippen LogP contribution in [0, 0.1) is 0 Å². The van der Waals surface area contributed by atoms with Crippen molar-refractivity contribution in [3.63, 3.8) is 0 Å². The molecule has 56 valence electrons. The largest absolute Gasteiger partial charge is 0.457 e. The molecular weight excluding hydrogens is 132 g/mol. The lowest BCUT2D eigenvalue weighted by molar-refractivity contribution is -0.134. The van der Waals surface area contributed by atoms with Crippen LogP contribution in [0.2, 0.25) is 0 Å². The van der Waals surface area contributed by atoms with Gasteiger partial charge in [-0.15, -0.1) is 0 Å². The third-order valence-corrected chi connectivity index (χ3v) is 0.821. The van der Waals surface area contributed by atoms with Gasteiger partial charge in [0.15, 0.2) is 0 Å². The highest BCUT2D eigenvalue weighted by atomic mass is 16.5. The van der Waals surface area contributed by atoms with Gasteiger partial charge in [-0.1, -0.05) is 12.7 Å². The van der Waals surface area contributed by atoms with Gasteiger partial charge in [0.1, 0.15) is 12.3 Å². The van der Waals surface area contributed by atoms with E-state index in [0.29, 0.717) is 0 Å². The van der Waals surface area contributed by atoms with Gasteiger partial charge in [-0.2, -0.15) is 5.10 Å². The number of hydrogen-bond donors (Lipinski definition) is 1. The van der Waals surface area contributed by atoms with E-state index in [9.17, 15) is 4.79 Å². The van der Waals surface area contributed by atoms with E-state index in [1.165, 1.54) is 13.0 Å². The van der Waals surface area contributed by atoms with Crippen LogP contribution in [0.25, 0.3) is 0 Å². The molecule has 0 fully saturated rings. The van der Waals surface area contributed by atoms with Crippen LogP contribution in [0.1, 0.15) is 6.92 Å². The molecule has 4 heteroatoms. The highest BCUT2D eigenvalue weighted by Crippen LogP contribution is 1.81.